The van der Waals surface area contributed by atoms with Gasteiger partial charge < -0.3 is 10.8 Å². The second-order valence-corrected chi connectivity index (χ2v) is 5.19. The number of benzene rings is 1. The van der Waals surface area contributed by atoms with E-state index in [9.17, 15) is 5.11 Å². The molecule has 0 bridgehead atoms. The van der Waals surface area contributed by atoms with Crippen molar-refractivity contribution in [3.05, 3.63) is 35.3 Å². The van der Waals surface area contributed by atoms with Crippen LogP contribution in [-0.2, 0) is 0 Å². The van der Waals surface area contributed by atoms with Crippen molar-refractivity contribution in [2.45, 2.75) is 18.4 Å². The molecular weight excluding hydrogens is 220 g/mol. The summed E-state index contributed by atoms with van der Waals surface area (Å²) in [6, 6.07) is 7.49. The summed E-state index contributed by atoms with van der Waals surface area (Å²) >= 11 is 1.67. The van der Waals surface area contributed by atoms with E-state index in [2.05, 4.69) is 4.98 Å². The third kappa shape index (κ3) is 1.70. The first-order valence-corrected chi connectivity index (χ1v) is 6.06. The molecule has 0 spiro atoms. The average Bonchev–Trinajstić information content (AvgIpc) is 2.81. The summed E-state index contributed by atoms with van der Waals surface area (Å²) in [5, 5.41) is 10.4. The molecule has 2 atom stereocenters. The van der Waals surface area contributed by atoms with Crippen LogP contribution in [0.25, 0.3) is 10.6 Å². The molecule has 1 aromatic carbocycles. The summed E-state index contributed by atoms with van der Waals surface area (Å²) in [4.78, 5) is 5.63. The van der Waals surface area contributed by atoms with E-state index in [-0.39, 0.29) is 5.75 Å². The fraction of sp³-hybridized carbons (Fsp3) is 0.250. The maximum Gasteiger partial charge on any atom is 0.123 e. The molecule has 16 heavy (non-hydrogen) atoms. The molecule has 0 radical (unpaired) electrons. The monoisotopic (exact) mass is 232 g/mol. The number of nitrogens with two attached hydrogens (primary N) is 1. The Labute approximate surface area is 97.6 Å². The zero-order valence-electron chi connectivity index (χ0n) is 8.63. The van der Waals surface area contributed by atoms with E-state index in [0.29, 0.717) is 12.0 Å². The van der Waals surface area contributed by atoms with Gasteiger partial charge >= 0.3 is 0 Å². The third-order valence-corrected chi connectivity index (χ3v) is 4.00. The van der Waals surface area contributed by atoms with E-state index in [1.165, 1.54) is 4.88 Å². The van der Waals surface area contributed by atoms with Crippen molar-refractivity contribution >= 4 is 11.3 Å². The predicted octanol–water partition coefficient (Wildman–Crippen LogP) is 2.33. The van der Waals surface area contributed by atoms with Crippen LogP contribution in [0.1, 0.15) is 17.2 Å². The first kappa shape index (κ1) is 9.81. The normalized spacial score (nSPS) is 23.3. The molecule has 1 aromatic heterocycles. The van der Waals surface area contributed by atoms with Gasteiger partial charge in [0.15, 0.2) is 0 Å². The molecule has 3 nitrogen and oxygen atoms in total. The summed E-state index contributed by atoms with van der Waals surface area (Å²) in [6.45, 7) is 0. The van der Waals surface area contributed by atoms with E-state index in [1.54, 1.807) is 23.5 Å². The Hall–Kier alpha value is -1.39. The van der Waals surface area contributed by atoms with Crippen molar-refractivity contribution in [3.63, 3.8) is 0 Å². The maximum absolute atomic E-state index is 9.40. The molecule has 1 aliphatic rings. The first-order valence-electron chi connectivity index (χ1n) is 5.25. The average molecular weight is 232 g/mol. The number of hydrogen-bond donors (Lipinski definition) is 2. The van der Waals surface area contributed by atoms with Crippen molar-refractivity contribution in [1.29, 1.82) is 0 Å². The lowest BCUT2D eigenvalue weighted by atomic mass is 10.2. The molecule has 1 heterocycles. The SMILES string of the molecule is N[C@@H]1C[C@H]1c1cnc(-c2cccc(O)c2)s1. The Kier molecular flexibility index (Phi) is 2.19. The number of rotatable bonds is 2. The molecule has 0 saturated heterocycles. The summed E-state index contributed by atoms with van der Waals surface area (Å²) in [7, 11) is 0. The van der Waals surface area contributed by atoms with Crippen molar-refractivity contribution in [2.75, 3.05) is 0 Å². The molecule has 1 aliphatic carbocycles. The van der Waals surface area contributed by atoms with Crippen molar-refractivity contribution in [2.24, 2.45) is 5.73 Å². The van der Waals surface area contributed by atoms with Gasteiger partial charge in [-0.3, -0.25) is 0 Å². The Bertz CT molecular complexity index is 523. The van der Waals surface area contributed by atoms with Gasteiger partial charge in [-0.25, -0.2) is 4.98 Å². The van der Waals surface area contributed by atoms with Gasteiger partial charge in [-0.05, 0) is 18.6 Å². The van der Waals surface area contributed by atoms with E-state index < -0.39 is 0 Å². The van der Waals surface area contributed by atoms with Gasteiger partial charge in [-0.2, -0.15) is 0 Å². The number of phenols is 1. The highest BCUT2D eigenvalue weighted by Crippen LogP contribution is 2.43. The standard InChI is InChI=1S/C12H12N2OS/c13-10-5-9(10)11-6-14-12(16-11)7-2-1-3-8(15)4-7/h1-4,6,9-10,15H,5,13H2/t9-,10-/m1/s1. The van der Waals surface area contributed by atoms with Crippen LogP contribution in [0, 0.1) is 0 Å². The van der Waals surface area contributed by atoms with Crippen molar-refractivity contribution in [1.82, 2.24) is 4.98 Å². The first-order chi connectivity index (χ1) is 7.74. The molecular formula is C12H12N2OS. The summed E-state index contributed by atoms with van der Waals surface area (Å²) in [5.74, 6) is 0.779. The topological polar surface area (TPSA) is 59.1 Å². The smallest absolute Gasteiger partial charge is 0.123 e. The van der Waals surface area contributed by atoms with Crippen LogP contribution in [0.4, 0.5) is 0 Å². The molecule has 0 amide bonds. The molecule has 2 aromatic rings. The molecule has 4 heteroatoms. The molecule has 1 saturated carbocycles. The number of phenolic OH excluding ortho intramolecular Hbond substituents is 1. The second-order valence-electron chi connectivity index (χ2n) is 4.12. The molecule has 3 N–H and O–H groups in total. The lowest BCUT2D eigenvalue weighted by Crippen LogP contribution is -1.99. The van der Waals surface area contributed by atoms with E-state index >= 15 is 0 Å². The van der Waals surface area contributed by atoms with Crippen LogP contribution in [-0.4, -0.2) is 16.1 Å². The number of nitrogens with zero attached hydrogens (tertiary/aromatic N) is 1. The van der Waals surface area contributed by atoms with Crippen LogP contribution in [0.3, 0.4) is 0 Å². The van der Waals surface area contributed by atoms with Crippen molar-refractivity contribution < 1.29 is 5.11 Å². The summed E-state index contributed by atoms with van der Waals surface area (Å²) in [6.07, 6.45) is 2.98. The predicted molar refractivity (Wildman–Crippen MR) is 64.5 cm³/mol. The van der Waals surface area contributed by atoms with Gasteiger partial charge in [-0.15, -0.1) is 11.3 Å². The largest absolute Gasteiger partial charge is 0.508 e. The minimum atomic E-state index is 0.275. The minimum Gasteiger partial charge on any atom is -0.508 e. The second kappa shape index (κ2) is 3.57. The Morgan fingerprint density at radius 1 is 1.44 bits per heavy atom. The quantitative estimate of drug-likeness (QED) is 0.835. The molecule has 82 valence electrons. The fourth-order valence-electron chi connectivity index (χ4n) is 1.77. The third-order valence-electron chi connectivity index (χ3n) is 2.82. The Morgan fingerprint density at radius 2 is 2.25 bits per heavy atom. The molecule has 0 unspecified atom stereocenters. The number of hydrogen-bond acceptors (Lipinski definition) is 4. The van der Waals surface area contributed by atoms with E-state index in [1.807, 2.05) is 18.3 Å². The van der Waals surface area contributed by atoms with Gasteiger partial charge in [-0.1, -0.05) is 12.1 Å². The van der Waals surface area contributed by atoms with Gasteiger partial charge in [0.25, 0.3) is 0 Å². The highest BCUT2D eigenvalue weighted by atomic mass is 32.1. The summed E-state index contributed by atoms with van der Waals surface area (Å²) in [5.41, 5.74) is 6.77. The zero-order valence-corrected chi connectivity index (χ0v) is 9.45. The molecule has 3 rings (SSSR count). The number of aromatic hydroxyl groups is 1. The number of thiazole rings is 1. The van der Waals surface area contributed by atoms with Crippen LogP contribution >= 0.6 is 11.3 Å². The zero-order chi connectivity index (χ0) is 11.1. The Morgan fingerprint density at radius 3 is 2.94 bits per heavy atom. The Balaban J connectivity index is 1.92. The van der Waals surface area contributed by atoms with Gasteiger partial charge in [0.2, 0.25) is 0 Å². The van der Waals surface area contributed by atoms with Gasteiger partial charge in [0.05, 0.1) is 0 Å². The maximum atomic E-state index is 9.40. The fourth-order valence-corrected chi connectivity index (χ4v) is 2.87. The highest BCUT2D eigenvalue weighted by molar-refractivity contribution is 7.15. The van der Waals surface area contributed by atoms with Gasteiger partial charge in [0, 0.05) is 28.6 Å². The lowest BCUT2D eigenvalue weighted by Gasteiger charge is -1.96. The van der Waals surface area contributed by atoms with Crippen LogP contribution in [0.2, 0.25) is 0 Å². The minimum absolute atomic E-state index is 0.275. The van der Waals surface area contributed by atoms with E-state index in [0.717, 1.165) is 17.0 Å². The molecule has 0 aliphatic heterocycles. The van der Waals surface area contributed by atoms with Crippen LogP contribution in [0.5, 0.6) is 5.75 Å². The van der Waals surface area contributed by atoms with Crippen LogP contribution in [0.15, 0.2) is 30.5 Å². The summed E-state index contributed by atoms with van der Waals surface area (Å²) < 4.78 is 0. The lowest BCUT2D eigenvalue weighted by molar-refractivity contribution is 0.475. The highest BCUT2D eigenvalue weighted by Gasteiger charge is 2.36. The van der Waals surface area contributed by atoms with Crippen LogP contribution < -0.4 is 5.73 Å². The molecule has 1 fully saturated rings. The van der Waals surface area contributed by atoms with Gasteiger partial charge in [0.1, 0.15) is 10.8 Å². The van der Waals surface area contributed by atoms with E-state index in [4.69, 9.17) is 5.73 Å². The van der Waals surface area contributed by atoms with Crippen molar-refractivity contribution in [3.8, 4) is 16.3 Å². The number of aromatic nitrogens is 1.